The van der Waals surface area contributed by atoms with Crippen LogP contribution >= 0.6 is 0 Å². The standard InChI is InChI=1S/C24H32FN3O7/c1-14(2)23(31)34-10-9-28-22(30)19(16(5)26-35-15(3)4)12-27(24(28)32)13-20(29)18-11-17(25)7-8-21(18)33-6/h7-8,11-12,14-15,20,29H,9-10,13H2,1-6H3/b26-16+. The third-order valence-electron chi connectivity index (χ3n) is 4.98. The van der Waals surface area contributed by atoms with Crippen molar-refractivity contribution < 1.29 is 28.6 Å². The maximum Gasteiger partial charge on any atom is 0.331 e. The van der Waals surface area contributed by atoms with Crippen LogP contribution in [0.2, 0.25) is 0 Å². The highest BCUT2D eigenvalue weighted by Gasteiger charge is 2.20. The average molecular weight is 494 g/mol. The van der Waals surface area contributed by atoms with Crippen molar-refractivity contribution in [3.8, 4) is 5.75 Å². The Morgan fingerprint density at radius 2 is 1.89 bits per heavy atom. The molecule has 11 heteroatoms. The molecule has 1 aromatic carbocycles. The molecule has 1 unspecified atom stereocenters. The van der Waals surface area contributed by atoms with E-state index in [4.69, 9.17) is 14.3 Å². The van der Waals surface area contributed by atoms with Crippen LogP contribution in [0, 0.1) is 11.7 Å². The van der Waals surface area contributed by atoms with E-state index in [-0.39, 0.29) is 54.3 Å². The van der Waals surface area contributed by atoms with E-state index in [1.807, 2.05) is 0 Å². The second-order valence-corrected chi connectivity index (χ2v) is 8.49. The van der Waals surface area contributed by atoms with Gasteiger partial charge in [0.1, 0.15) is 30.4 Å². The third-order valence-corrected chi connectivity index (χ3v) is 4.98. The fourth-order valence-electron chi connectivity index (χ4n) is 3.12. The first-order valence-corrected chi connectivity index (χ1v) is 11.2. The van der Waals surface area contributed by atoms with Crippen molar-refractivity contribution in [1.29, 1.82) is 0 Å². The van der Waals surface area contributed by atoms with Gasteiger partial charge in [-0.3, -0.25) is 18.7 Å². The number of esters is 1. The first-order chi connectivity index (χ1) is 16.5. The maximum atomic E-state index is 13.8. The summed E-state index contributed by atoms with van der Waals surface area (Å²) in [6.07, 6.45) is -0.311. The summed E-state index contributed by atoms with van der Waals surface area (Å²) < 4.78 is 26.1. The number of aliphatic hydroxyl groups is 1. The van der Waals surface area contributed by atoms with Crippen molar-refractivity contribution in [2.45, 2.75) is 59.9 Å². The molecule has 2 aromatic rings. The van der Waals surface area contributed by atoms with Gasteiger partial charge < -0.3 is 19.4 Å². The summed E-state index contributed by atoms with van der Waals surface area (Å²) in [5.74, 6) is -1.18. The molecule has 0 fully saturated rings. The van der Waals surface area contributed by atoms with Crippen LogP contribution in [-0.4, -0.2) is 45.7 Å². The number of hydrogen-bond donors (Lipinski definition) is 1. The zero-order chi connectivity index (χ0) is 26.3. The lowest BCUT2D eigenvalue weighted by Gasteiger charge is -2.18. The van der Waals surface area contributed by atoms with Gasteiger partial charge in [0.25, 0.3) is 5.56 Å². The fraction of sp³-hybridized carbons (Fsp3) is 0.500. The lowest BCUT2D eigenvalue weighted by Crippen LogP contribution is -2.43. The van der Waals surface area contributed by atoms with Crippen LogP contribution in [0.15, 0.2) is 39.1 Å². The molecule has 10 nitrogen and oxygen atoms in total. The lowest BCUT2D eigenvalue weighted by molar-refractivity contribution is -0.147. The largest absolute Gasteiger partial charge is 0.496 e. The fourth-order valence-corrected chi connectivity index (χ4v) is 3.12. The number of oxime groups is 1. The number of benzene rings is 1. The molecule has 0 aliphatic rings. The van der Waals surface area contributed by atoms with Crippen LogP contribution < -0.4 is 16.0 Å². The molecule has 35 heavy (non-hydrogen) atoms. The van der Waals surface area contributed by atoms with Gasteiger partial charge in [-0.15, -0.1) is 0 Å². The van der Waals surface area contributed by atoms with Crippen LogP contribution in [0.4, 0.5) is 4.39 Å². The third kappa shape index (κ3) is 7.25. The summed E-state index contributed by atoms with van der Waals surface area (Å²) in [4.78, 5) is 43.2. The molecule has 0 amide bonds. The van der Waals surface area contributed by atoms with Crippen LogP contribution in [0.3, 0.4) is 0 Å². The molecule has 0 bridgehead atoms. The Morgan fingerprint density at radius 3 is 2.49 bits per heavy atom. The van der Waals surface area contributed by atoms with Crippen molar-refractivity contribution in [2.24, 2.45) is 11.1 Å². The lowest BCUT2D eigenvalue weighted by atomic mass is 10.1. The normalized spacial score (nSPS) is 12.7. The van der Waals surface area contributed by atoms with E-state index in [1.54, 1.807) is 34.6 Å². The molecule has 1 aromatic heterocycles. The molecule has 0 saturated heterocycles. The zero-order valence-corrected chi connectivity index (χ0v) is 20.8. The molecule has 0 aliphatic carbocycles. The molecule has 0 spiro atoms. The second kappa shape index (κ2) is 12.3. The molecule has 0 saturated carbocycles. The van der Waals surface area contributed by atoms with E-state index in [1.165, 1.54) is 25.4 Å². The second-order valence-electron chi connectivity index (χ2n) is 8.49. The number of ether oxygens (including phenoxy) is 2. The van der Waals surface area contributed by atoms with Crippen molar-refractivity contribution in [3.63, 3.8) is 0 Å². The SMILES string of the molecule is COc1ccc(F)cc1C(O)Cn1cc(/C(C)=N/OC(C)C)c(=O)n(CCOC(=O)C(C)C)c1=O. The number of methoxy groups -OCH3 is 1. The van der Waals surface area contributed by atoms with Crippen molar-refractivity contribution >= 4 is 11.7 Å². The highest BCUT2D eigenvalue weighted by molar-refractivity contribution is 5.97. The van der Waals surface area contributed by atoms with E-state index in [2.05, 4.69) is 5.16 Å². The van der Waals surface area contributed by atoms with E-state index in [9.17, 15) is 23.9 Å². The molecular weight excluding hydrogens is 461 g/mol. The minimum Gasteiger partial charge on any atom is -0.496 e. The summed E-state index contributed by atoms with van der Waals surface area (Å²) in [5.41, 5.74) is -0.996. The Labute approximate surface area is 202 Å². The smallest absolute Gasteiger partial charge is 0.331 e. The van der Waals surface area contributed by atoms with E-state index in [0.717, 1.165) is 15.2 Å². The average Bonchev–Trinajstić information content (AvgIpc) is 2.80. The maximum absolute atomic E-state index is 13.8. The number of rotatable bonds is 11. The summed E-state index contributed by atoms with van der Waals surface area (Å²) >= 11 is 0. The Hall–Kier alpha value is -3.47. The van der Waals surface area contributed by atoms with E-state index in [0.29, 0.717) is 0 Å². The Morgan fingerprint density at radius 1 is 1.20 bits per heavy atom. The predicted molar refractivity (Wildman–Crippen MR) is 127 cm³/mol. The van der Waals surface area contributed by atoms with Crippen molar-refractivity contribution in [2.75, 3.05) is 13.7 Å². The van der Waals surface area contributed by atoms with Gasteiger partial charge in [-0.25, -0.2) is 9.18 Å². The number of nitrogens with zero attached hydrogens (tertiary/aromatic N) is 3. The highest BCUT2D eigenvalue weighted by atomic mass is 19.1. The number of aromatic nitrogens is 2. The van der Waals surface area contributed by atoms with Crippen LogP contribution in [0.5, 0.6) is 5.75 Å². The molecule has 2 rings (SSSR count). The molecule has 1 atom stereocenters. The van der Waals surface area contributed by atoms with E-state index < -0.39 is 29.1 Å². The van der Waals surface area contributed by atoms with Crippen LogP contribution in [-0.2, 0) is 27.5 Å². The molecule has 1 N–H and O–H groups in total. The topological polar surface area (TPSA) is 121 Å². The molecule has 0 radical (unpaired) electrons. The van der Waals surface area contributed by atoms with Crippen LogP contribution in [0.25, 0.3) is 0 Å². The molecule has 192 valence electrons. The minimum absolute atomic E-state index is 0.0545. The summed E-state index contributed by atoms with van der Waals surface area (Å²) in [6.45, 7) is 7.69. The summed E-state index contributed by atoms with van der Waals surface area (Å²) in [7, 11) is 1.38. The first-order valence-electron chi connectivity index (χ1n) is 11.2. The summed E-state index contributed by atoms with van der Waals surface area (Å²) in [6, 6.07) is 3.67. The number of carbonyl (C=O) groups is 1. The quantitative estimate of drug-likeness (QED) is 0.289. The monoisotopic (exact) mass is 493 g/mol. The van der Waals surface area contributed by atoms with Gasteiger partial charge in [0.2, 0.25) is 0 Å². The van der Waals surface area contributed by atoms with Crippen molar-refractivity contribution in [3.05, 3.63) is 62.2 Å². The van der Waals surface area contributed by atoms with Crippen molar-refractivity contribution in [1.82, 2.24) is 9.13 Å². The Bertz CT molecular complexity index is 1180. The number of aliphatic hydroxyl groups excluding tert-OH is 1. The van der Waals surface area contributed by atoms with E-state index >= 15 is 0 Å². The molecule has 1 heterocycles. The predicted octanol–water partition coefficient (Wildman–Crippen LogP) is 2.24. The van der Waals surface area contributed by atoms with Gasteiger partial charge in [-0.05, 0) is 39.0 Å². The zero-order valence-electron chi connectivity index (χ0n) is 20.8. The van der Waals surface area contributed by atoms with Gasteiger partial charge in [0.05, 0.1) is 37.4 Å². The molecule has 0 aliphatic heterocycles. The molecular formula is C24H32FN3O7. The number of hydrogen-bond acceptors (Lipinski definition) is 8. The highest BCUT2D eigenvalue weighted by Crippen LogP contribution is 2.26. The van der Waals surface area contributed by atoms with Gasteiger partial charge >= 0.3 is 11.7 Å². The Kier molecular flexibility index (Phi) is 9.76. The van der Waals surface area contributed by atoms with Gasteiger partial charge in [-0.2, -0.15) is 0 Å². The number of carbonyl (C=O) groups excluding carboxylic acids is 1. The van der Waals surface area contributed by atoms with Gasteiger partial charge in [0.15, 0.2) is 0 Å². The van der Waals surface area contributed by atoms with Gasteiger partial charge in [-0.1, -0.05) is 19.0 Å². The number of halogens is 1. The minimum atomic E-state index is -1.33. The Balaban J connectivity index is 2.51. The summed E-state index contributed by atoms with van der Waals surface area (Å²) in [5, 5.41) is 14.7. The van der Waals surface area contributed by atoms with Gasteiger partial charge in [0, 0.05) is 11.8 Å². The van der Waals surface area contributed by atoms with Crippen LogP contribution in [0.1, 0.15) is 51.8 Å². The first kappa shape index (κ1) is 27.8.